The maximum atomic E-state index is 11.7. The molecule has 0 amide bonds. The number of hydrogen-bond acceptors (Lipinski definition) is 3. The molecule has 4 nitrogen and oxygen atoms in total. The minimum absolute atomic E-state index is 0.0167. The van der Waals surface area contributed by atoms with Crippen LogP contribution in [0.3, 0.4) is 0 Å². The lowest BCUT2D eigenvalue weighted by Crippen LogP contribution is -2.39. The number of rotatable bonds is 3. The predicted octanol–water partition coefficient (Wildman–Crippen LogP) is 2.80. The zero-order chi connectivity index (χ0) is 13.7. The van der Waals surface area contributed by atoms with E-state index in [0.717, 1.165) is 37.2 Å². The molecule has 1 aliphatic heterocycles. The van der Waals surface area contributed by atoms with Crippen LogP contribution in [0.4, 0.5) is 5.69 Å². The number of aryl methyl sites for hydroxylation is 1. The number of hydrogen-bond donors (Lipinski definition) is 1. The average molecular weight is 259 g/mol. The number of benzene rings is 1. The quantitative estimate of drug-likeness (QED) is 0.516. The number of nitrogens with zero attached hydrogens (tertiary/aromatic N) is 2. The molecule has 0 radical (unpaired) electrons. The number of para-hydroxylation sites is 1. The summed E-state index contributed by atoms with van der Waals surface area (Å²) in [6.07, 6.45) is 3.51. The molecule has 1 N–H and O–H groups in total. The Bertz CT molecular complexity index is 476. The SMILES string of the molecule is CC(=O)/C(=N/Nc1ccccc1C)N1CCCCC1. The van der Waals surface area contributed by atoms with E-state index in [0.29, 0.717) is 5.84 Å². The largest absolute Gasteiger partial charge is 0.352 e. The molecule has 2 rings (SSSR count). The number of carbonyl (C=O) groups is 1. The molecule has 1 saturated heterocycles. The van der Waals surface area contributed by atoms with Crippen molar-refractivity contribution in [3.63, 3.8) is 0 Å². The van der Waals surface area contributed by atoms with E-state index in [2.05, 4.69) is 15.4 Å². The second-order valence-corrected chi connectivity index (χ2v) is 4.97. The van der Waals surface area contributed by atoms with Crippen molar-refractivity contribution in [1.82, 2.24) is 4.90 Å². The summed E-state index contributed by atoms with van der Waals surface area (Å²) < 4.78 is 0. The number of carbonyl (C=O) groups excluding carboxylic acids is 1. The van der Waals surface area contributed by atoms with Gasteiger partial charge in [0, 0.05) is 20.0 Å². The number of nitrogens with one attached hydrogen (secondary N) is 1. The highest BCUT2D eigenvalue weighted by molar-refractivity contribution is 6.37. The Morgan fingerprint density at radius 1 is 1.21 bits per heavy atom. The Morgan fingerprint density at radius 3 is 2.53 bits per heavy atom. The van der Waals surface area contributed by atoms with E-state index in [1.54, 1.807) is 6.92 Å². The van der Waals surface area contributed by atoms with Crippen molar-refractivity contribution in [3.8, 4) is 0 Å². The first-order valence-corrected chi connectivity index (χ1v) is 6.83. The molecule has 0 aliphatic carbocycles. The molecule has 1 aliphatic rings. The highest BCUT2D eigenvalue weighted by Crippen LogP contribution is 2.14. The van der Waals surface area contributed by atoms with E-state index < -0.39 is 0 Å². The molecule has 1 fully saturated rings. The van der Waals surface area contributed by atoms with E-state index in [-0.39, 0.29) is 5.78 Å². The summed E-state index contributed by atoms with van der Waals surface area (Å²) >= 11 is 0. The van der Waals surface area contributed by atoms with Crippen LogP contribution in [-0.4, -0.2) is 29.6 Å². The van der Waals surface area contributed by atoms with E-state index in [1.165, 1.54) is 6.42 Å². The number of hydrazone groups is 1. The normalized spacial score (nSPS) is 16.3. The summed E-state index contributed by atoms with van der Waals surface area (Å²) in [5.74, 6) is 0.561. The summed E-state index contributed by atoms with van der Waals surface area (Å²) in [7, 11) is 0. The zero-order valence-electron chi connectivity index (χ0n) is 11.6. The highest BCUT2D eigenvalue weighted by atomic mass is 16.1. The van der Waals surface area contributed by atoms with Crippen LogP contribution in [0.5, 0.6) is 0 Å². The fourth-order valence-corrected chi connectivity index (χ4v) is 2.29. The van der Waals surface area contributed by atoms with Crippen LogP contribution in [0.1, 0.15) is 31.7 Å². The van der Waals surface area contributed by atoms with Gasteiger partial charge in [-0.2, -0.15) is 5.10 Å². The van der Waals surface area contributed by atoms with Gasteiger partial charge in [0.25, 0.3) is 0 Å². The predicted molar refractivity (Wildman–Crippen MR) is 78.3 cm³/mol. The lowest BCUT2D eigenvalue weighted by molar-refractivity contribution is -0.111. The summed E-state index contributed by atoms with van der Waals surface area (Å²) in [6.45, 7) is 5.45. The number of Topliss-reactive ketones (excluding diaryl/α,β-unsaturated/α-hetero) is 1. The van der Waals surface area contributed by atoms with Gasteiger partial charge in [-0.15, -0.1) is 0 Å². The summed E-state index contributed by atoms with van der Waals surface area (Å²) in [5, 5.41) is 4.32. The van der Waals surface area contributed by atoms with Gasteiger partial charge >= 0.3 is 0 Å². The van der Waals surface area contributed by atoms with Crippen LogP contribution in [0, 0.1) is 6.92 Å². The summed E-state index contributed by atoms with van der Waals surface area (Å²) in [4.78, 5) is 13.8. The molecule has 1 heterocycles. The van der Waals surface area contributed by atoms with E-state index in [9.17, 15) is 4.79 Å². The van der Waals surface area contributed by atoms with Crippen LogP contribution in [0.15, 0.2) is 29.4 Å². The number of piperidine rings is 1. The Hall–Kier alpha value is -1.84. The van der Waals surface area contributed by atoms with Crippen molar-refractivity contribution in [2.45, 2.75) is 33.1 Å². The second kappa shape index (κ2) is 6.36. The van der Waals surface area contributed by atoms with Crippen molar-refractivity contribution < 1.29 is 4.79 Å². The van der Waals surface area contributed by atoms with Crippen molar-refractivity contribution >= 4 is 17.3 Å². The molecule has 0 saturated carbocycles. The van der Waals surface area contributed by atoms with Gasteiger partial charge in [-0.25, -0.2) is 0 Å². The van der Waals surface area contributed by atoms with Crippen LogP contribution in [0.25, 0.3) is 0 Å². The first kappa shape index (κ1) is 13.6. The minimum Gasteiger partial charge on any atom is -0.352 e. The van der Waals surface area contributed by atoms with Gasteiger partial charge < -0.3 is 4.90 Å². The Labute approximate surface area is 114 Å². The van der Waals surface area contributed by atoms with Crippen molar-refractivity contribution in [3.05, 3.63) is 29.8 Å². The molecule has 0 aromatic heterocycles. The maximum Gasteiger partial charge on any atom is 0.196 e. The monoisotopic (exact) mass is 259 g/mol. The lowest BCUT2D eigenvalue weighted by atomic mass is 10.1. The lowest BCUT2D eigenvalue weighted by Gasteiger charge is -2.28. The third kappa shape index (κ3) is 3.56. The highest BCUT2D eigenvalue weighted by Gasteiger charge is 2.18. The second-order valence-electron chi connectivity index (χ2n) is 4.97. The van der Waals surface area contributed by atoms with Gasteiger partial charge in [0.15, 0.2) is 11.6 Å². The first-order valence-electron chi connectivity index (χ1n) is 6.83. The Balaban J connectivity index is 2.12. The molecule has 0 unspecified atom stereocenters. The summed E-state index contributed by atoms with van der Waals surface area (Å²) in [5.41, 5.74) is 5.08. The minimum atomic E-state index is 0.0167. The number of ketones is 1. The Kier molecular flexibility index (Phi) is 4.55. The van der Waals surface area contributed by atoms with Gasteiger partial charge in [-0.05, 0) is 37.8 Å². The van der Waals surface area contributed by atoms with Crippen LogP contribution in [0.2, 0.25) is 0 Å². The van der Waals surface area contributed by atoms with Crippen molar-refractivity contribution in [1.29, 1.82) is 0 Å². The zero-order valence-corrected chi connectivity index (χ0v) is 11.6. The molecule has 0 atom stereocenters. The van der Waals surface area contributed by atoms with E-state index >= 15 is 0 Å². The maximum absolute atomic E-state index is 11.7. The average Bonchev–Trinajstić information content (AvgIpc) is 2.42. The third-order valence-corrected chi connectivity index (χ3v) is 3.40. The molecule has 0 bridgehead atoms. The van der Waals surface area contributed by atoms with Crippen molar-refractivity contribution in [2.24, 2.45) is 5.10 Å². The smallest absolute Gasteiger partial charge is 0.196 e. The molecule has 4 heteroatoms. The standard InChI is InChI=1S/C15H21N3O/c1-12-8-4-5-9-14(12)16-17-15(13(2)19)18-10-6-3-7-11-18/h4-5,8-9,16H,3,6-7,10-11H2,1-2H3/b17-15-. The Morgan fingerprint density at radius 2 is 1.89 bits per heavy atom. The van der Waals surface area contributed by atoms with Gasteiger partial charge in [0.2, 0.25) is 0 Å². The fourth-order valence-electron chi connectivity index (χ4n) is 2.29. The molecule has 1 aromatic rings. The fraction of sp³-hybridized carbons (Fsp3) is 0.467. The number of likely N-dealkylation sites (tertiary alicyclic amines) is 1. The van der Waals surface area contributed by atoms with Crippen molar-refractivity contribution in [2.75, 3.05) is 18.5 Å². The molecule has 0 spiro atoms. The van der Waals surface area contributed by atoms with Gasteiger partial charge in [-0.3, -0.25) is 10.2 Å². The molecular weight excluding hydrogens is 238 g/mol. The molecule has 19 heavy (non-hydrogen) atoms. The topological polar surface area (TPSA) is 44.7 Å². The molecule has 1 aromatic carbocycles. The third-order valence-electron chi connectivity index (χ3n) is 3.40. The number of anilines is 1. The van der Waals surface area contributed by atoms with Crippen LogP contribution in [-0.2, 0) is 4.79 Å². The van der Waals surface area contributed by atoms with Crippen LogP contribution < -0.4 is 5.43 Å². The van der Waals surface area contributed by atoms with Crippen LogP contribution >= 0.6 is 0 Å². The molecule has 102 valence electrons. The first-order chi connectivity index (χ1) is 9.18. The van der Waals surface area contributed by atoms with Gasteiger partial charge in [0.05, 0.1) is 5.69 Å². The summed E-state index contributed by atoms with van der Waals surface area (Å²) in [6, 6.07) is 7.93. The molecular formula is C15H21N3O. The number of amidine groups is 1. The van der Waals surface area contributed by atoms with Gasteiger partial charge in [0.1, 0.15) is 0 Å². The van der Waals surface area contributed by atoms with E-state index in [4.69, 9.17) is 0 Å². The van der Waals surface area contributed by atoms with Gasteiger partial charge in [-0.1, -0.05) is 18.2 Å². The van der Waals surface area contributed by atoms with E-state index in [1.807, 2.05) is 31.2 Å².